The van der Waals surface area contributed by atoms with Crippen LogP contribution in [0.15, 0.2) is 35.1 Å². The minimum absolute atomic E-state index is 0.0200. The van der Waals surface area contributed by atoms with Crippen LogP contribution in [0.3, 0.4) is 0 Å². The lowest BCUT2D eigenvalue weighted by molar-refractivity contribution is 0.487. The number of hydrogen-bond donors (Lipinski definition) is 1. The molecule has 0 aliphatic heterocycles. The second-order valence-corrected chi connectivity index (χ2v) is 5.60. The van der Waals surface area contributed by atoms with Gasteiger partial charge < -0.3 is 10.3 Å². The van der Waals surface area contributed by atoms with Gasteiger partial charge in [0.2, 0.25) is 0 Å². The fourth-order valence-electron chi connectivity index (χ4n) is 2.20. The smallest absolute Gasteiger partial charge is 0.0957 e. The third-order valence-corrected chi connectivity index (χ3v) is 3.77. The number of nitrogens with two attached hydrogens (primary N) is 1. The molecule has 2 atom stereocenters. The summed E-state index contributed by atoms with van der Waals surface area (Å²) in [6.07, 6.45) is 1.87. The molecule has 96 valence electrons. The van der Waals surface area contributed by atoms with Crippen molar-refractivity contribution in [3.05, 3.63) is 52.0 Å². The molecule has 0 spiro atoms. The minimum Gasteiger partial charge on any atom is -0.326 e. The molecule has 18 heavy (non-hydrogen) atoms. The van der Waals surface area contributed by atoms with E-state index >= 15 is 0 Å². The quantitative estimate of drug-likeness (QED) is 0.946. The Balaban J connectivity index is 2.50. The Hall–Kier alpha value is -1.13. The Morgan fingerprint density at radius 1 is 1.33 bits per heavy atom. The van der Waals surface area contributed by atoms with Crippen LogP contribution in [0.25, 0.3) is 0 Å². The molecular weight excluding hydrogens is 290 g/mol. The van der Waals surface area contributed by atoms with Crippen molar-refractivity contribution in [1.82, 2.24) is 9.55 Å². The molecule has 2 aromatic rings. The first kappa shape index (κ1) is 13.3. The van der Waals surface area contributed by atoms with Gasteiger partial charge in [-0.2, -0.15) is 0 Å². The standard InChI is InChI=1S/C14H18BrN3/c1-9(16)14(12-5-4-6-13(15)7-12)18-8-17-10(2)11(18)3/h4-9,14H,16H2,1-3H3. The van der Waals surface area contributed by atoms with Crippen molar-refractivity contribution in [2.75, 3.05) is 0 Å². The number of halogens is 1. The van der Waals surface area contributed by atoms with Crippen molar-refractivity contribution >= 4 is 15.9 Å². The van der Waals surface area contributed by atoms with Gasteiger partial charge in [0.25, 0.3) is 0 Å². The molecule has 3 nitrogen and oxygen atoms in total. The molecule has 0 amide bonds. The molecule has 0 fully saturated rings. The zero-order valence-electron chi connectivity index (χ0n) is 10.9. The van der Waals surface area contributed by atoms with E-state index in [0.717, 1.165) is 15.9 Å². The molecule has 4 heteroatoms. The van der Waals surface area contributed by atoms with Crippen molar-refractivity contribution in [2.45, 2.75) is 32.9 Å². The maximum absolute atomic E-state index is 6.17. The lowest BCUT2D eigenvalue weighted by Gasteiger charge is -2.24. The second kappa shape index (κ2) is 5.24. The van der Waals surface area contributed by atoms with Gasteiger partial charge in [0.15, 0.2) is 0 Å². The SMILES string of the molecule is Cc1ncn(C(c2cccc(Br)c2)C(C)N)c1C. The molecule has 2 rings (SSSR count). The van der Waals surface area contributed by atoms with Gasteiger partial charge in [0.05, 0.1) is 18.1 Å². The fourth-order valence-corrected chi connectivity index (χ4v) is 2.62. The number of aromatic nitrogens is 2. The Morgan fingerprint density at radius 3 is 2.56 bits per heavy atom. The first-order valence-electron chi connectivity index (χ1n) is 6.01. The highest BCUT2D eigenvalue weighted by Crippen LogP contribution is 2.26. The van der Waals surface area contributed by atoms with Crippen LogP contribution in [0.4, 0.5) is 0 Å². The third kappa shape index (κ3) is 2.49. The summed E-state index contributed by atoms with van der Waals surface area (Å²) in [5.41, 5.74) is 9.58. The monoisotopic (exact) mass is 307 g/mol. The van der Waals surface area contributed by atoms with Crippen LogP contribution in [0.5, 0.6) is 0 Å². The summed E-state index contributed by atoms with van der Waals surface area (Å²) >= 11 is 3.51. The largest absolute Gasteiger partial charge is 0.326 e. The summed E-state index contributed by atoms with van der Waals surface area (Å²) in [5, 5.41) is 0. The van der Waals surface area contributed by atoms with Crippen molar-refractivity contribution < 1.29 is 0 Å². The maximum Gasteiger partial charge on any atom is 0.0957 e. The van der Waals surface area contributed by atoms with Crippen LogP contribution in [-0.2, 0) is 0 Å². The first-order valence-corrected chi connectivity index (χ1v) is 6.81. The third-order valence-electron chi connectivity index (χ3n) is 3.27. The van der Waals surface area contributed by atoms with E-state index in [1.165, 1.54) is 5.56 Å². The number of rotatable bonds is 3. The predicted molar refractivity (Wildman–Crippen MR) is 77.6 cm³/mol. The van der Waals surface area contributed by atoms with Gasteiger partial charge in [-0.25, -0.2) is 4.98 Å². The molecule has 2 unspecified atom stereocenters. The van der Waals surface area contributed by atoms with E-state index < -0.39 is 0 Å². The maximum atomic E-state index is 6.17. The van der Waals surface area contributed by atoms with Crippen LogP contribution in [0.1, 0.15) is 29.9 Å². The lowest BCUT2D eigenvalue weighted by atomic mass is 10.0. The van der Waals surface area contributed by atoms with E-state index in [0.29, 0.717) is 0 Å². The van der Waals surface area contributed by atoms with Crippen LogP contribution < -0.4 is 5.73 Å². The molecule has 2 N–H and O–H groups in total. The van der Waals surface area contributed by atoms with Gasteiger partial charge >= 0.3 is 0 Å². The average molecular weight is 308 g/mol. The van der Waals surface area contributed by atoms with Crippen molar-refractivity contribution in [2.24, 2.45) is 5.73 Å². The van der Waals surface area contributed by atoms with Crippen LogP contribution in [-0.4, -0.2) is 15.6 Å². The van der Waals surface area contributed by atoms with Gasteiger partial charge in [0, 0.05) is 16.2 Å². The molecule has 1 heterocycles. The normalized spacial score (nSPS) is 14.5. The summed E-state index contributed by atoms with van der Waals surface area (Å²) < 4.78 is 3.22. The van der Waals surface area contributed by atoms with Gasteiger partial charge in [-0.1, -0.05) is 28.1 Å². The highest BCUT2D eigenvalue weighted by molar-refractivity contribution is 9.10. The first-order chi connectivity index (χ1) is 8.50. The Labute approximate surface area is 116 Å². The highest BCUT2D eigenvalue weighted by atomic mass is 79.9. The number of aryl methyl sites for hydroxylation is 1. The van der Waals surface area contributed by atoms with Crippen molar-refractivity contribution in [1.29, 1.82) is 0 Å². The zero-order valence-corrected chi connectivity index (χ0v) is 12.5. The molecule has 0 saturated carbocycles. The Morgan fingerprint density at radius 2 is 2.06 bits per heavy atom. The fraction of sp³-hybridized carbons (Fsp3) is 0.357. The van der Waals surface area contributed by atoms with Gasteiger partial charge in [-0.15, -0.1) is 0 Å². The molecule has 1 aromatic carbocycles. The summed E-state index contributed by atoms with van der Waals surface area (Å²) in [7, 11) is 0. The Kier molecular flexibility index (Phi) is 3.88. The summed E-state index contributed by atoms with van der Waals surface area (Å²) in [6.45, 7) is 6.13. The molecule has 0 aliphatic rings. The molecule has 0 radical (unpaired) electrons. The number of hydrogen-bond acceptors (Lipinski definition) is 2. The van der Waals surface area contributed by atoms with E-state index in [-0.39, 0.29) is 12.1 Å². The zero-order chi connectivity index (χ0) is 13.3. The molecule has 1 aromatic heterocycles. The van der Waals surface area contributed by atoms with E-state index in [1.807, 2.05) is 32.3 Å². The number of imidazole rings is 1. The average Bonchev–Trinajstić information content (AvgIpc) is 2.61. The van der Waals surface area contributed by atoms with E-state index in [9.17, 15) is 0 Å². The second-order valence-electron chi connectivity index (χ2n) is 4.68. The summed E-state index contributed by atoms with van der Waals surface area (Å²) in [5.74, 6) is 0. The van der Waals surface area contributed by atoms with Gasteiger partial charge in [-0.3, -0.25) is 0 Å². The topological polar surface area (TPSA) is 43.8 Å². The van der Waals surface area contributed by atoms with Gasteiger partial charge in [0.1, 0.15) is 0 Å². The van der Waals surface area contributed by atoms with Gasteiger partial charge in [-0.05, 0) is 38.5 Å². The lowest BCUT2D eigenvalue weighted by Crippen LogP contribution is -2.30. The van der Waals surface area contributed by atoms with E-state index in [4.69, 9.17) is 5.73 Å². The molecule has 0 saturated heterocycles. The van der Waals surface area contributed by atoms with Crippen LogP contribution in [0, 0.1) is 13.8 Å². The minimum atomic E-state index is 0.0200. The summed E-state index contributed by atoms with van der Waals surface area (Å²) in [6, 6.07) is 8.41. The molecular formula is C14H18BrN3. The molecule has 0 aliphatic carbocycles. The van der Waals surface area contributed by atoms with E-state index in [2.05, 4.69) is 44.5 Å². The number of benzene rings is 1. The Bertz CT molecular complexity index is 546. The predicted octanol–water partition coefficient (Wildman–Crippen LogP) is 3.20. The number of nitrogens with zero attached hydrogens (tertiary/aromatic N) is 2. The van der Waals surface area contributed by atoms with E-state index in [1.54, 1.807) is 0 Å². The van der Waals surface area contributed by atoms with Crippen LogP contribution >= 0.6 is 15.9 Å². The summed E-state index contributed by atoms with van der Waals surface area (Å²) in [4.78, 5) is 4.36. The van der Waals surface area contributed by atoms with Crippen molar-refractivity contribution in [3.63, 3.8) is 0 Å². The van der Waals surface area contributed by atoms with Crippen molar-refractivity contribution in [3.8, 4) is 0 Å². The highest BCUT2D eigenvalue weighted by Gasteiger charge is 2.20. The van der Waals surface area contributed by atoms with Crippen LogP contribution in [0.2, 0.25) is 0 Å². The molecule has 0 bridgehead atoms.